The summed E-state index contributed by atoms with van der Waals surface area (Å²) in [7, 11) is 3.89. The number of nitrogens with one attached hydrogen (secondary N) is 1. The van der Waals surface area contributed by atoms with Crippen molar-refractivity contribution in [3.8, 4) is 5.75 Å². The third-order valence-corrected chi connectivity index (χ3v) is 3.90. The van der Waals surface area contributed by atoms with Crippen LogP contribution in [-0.2, 0) is 4.79 Å². The predicted octanol–water partition coefficient (Wildman–Crippen LogP) is 1.58. The molecule has 1 aliphatic carbocycles. The topological polar surface area (TPSA) is 61.8 Å². The molecule has 0 bridgehead atoms. The van der Waals surface area contributed by atoms with Crippen molar-refractivity contribution in [2.45, 2.75) is 37.5 Å². The summed E-state index contributed by atoms with van der Waals surface area (Å²) in [6, 6.07) is 9.21. The first-order valence-corrected chi connectivity index (χ1v) is 8.08. The monoisotopic (exact) mass is 318 g/mol. The van der Waals surface area contributed by atoms with Crippen molar-refractivity contribution in [2.24, 2.45) is 0 Å². The summed E-state index contributed by atoms with van der Waals surface area (Å²) in [5.74, 6) is 0.575. The smallest absolute Gasteiger partial charge is 0.244 e. The van der Waals surface area contributed by atoms with Crippen LogP contribution in [0, 0.1) is 0 Å². The van der Waals surface area contributed by atoms with Crippen LogP contribution in [0.2, 0.25) is 0 Å². The number of hydrogen-bond acceptors (Lipinski definition) is 4. The van der Waals surface area contributed by atoms with E-state index < -0.39 is 6.10 Å². The standard InChI is InChI=1S/C18H26N2O3/c1-20(2)13-7-12-17(21)19-15-10-6-11-16(18(15)22)23-14-8-4-3-5-9-14/h3-5,7-9,12,15-16,18,22H,6,10-11,13H2,1-2H3,(H,19,21)/t15-,16-,18-/m1/s1. The summed E-state index contributed by atoms with van der Waals surface area (Å²) in [6.45, 7) is 0.709. The molecular weight excluding hydrogens is 292 g/mol. The number of para-hydroxylation sites is 1. The second-order valence-electron chi connectivity index (χ2n) is 6.17. The number of aliphatic hydroxyl groups is 1. The van der Waals surface area contributed by atoms with Gasteiger partial charge in [-0.1, -0.05) is 24.3 Å². The minimum absolute atomic E-state index is 0.170. The molecule has 2 N–H and O–H groups in total. The second kappa shape index (κ2) is 8.70. The molecule has 1 amide bonds. The Kier molecular flexibility index (Phi) is 6.62. The summed E-state index contributed by atoms with van der Waals surface area (Å²) in [6.07, 6.45) is 4.82. The Morgan fingerprint density at radius 3 is 2.78 bits per heavy atom. The van der Waals surface area contributed by atoms with E-state index in [2.05, 4.69) is 5.32 Å². The fraction of sp³-hybridized carbons (Fsp3) is 0.500. The molecular formula is C18H26N2O3. The highest BCUT2D eigenvalue weighted by molar-refractivity contribution is 5.87. The maximum Gasteiger partial charge on any atom is 0.244 e. The Morgan fingerprint density at radius 1 is 1.35 bits per heavy atom. The van der Waals surface area contributed by atoms with Crippen molar-refractivity contribution in [2.75, 3.05) is 20.6 Å². The number of carbonyl (C=O) groups excluding carboxylic acids is 1. The Morgan fingerprint density at radius 2 is 2.09 bits per heavy atom. The number of ether oxygens (including phenoxy) is 1. The number of rotatable bonds is 6. The molecule has 23 heavy (non-hydrogen) atoms. The van der Waals surface area contributed by atoms with Crippen LogP contribution < -0.4 is 10.1 Å². The molecule has 0 heterocycles. The maximum atomic E-state index is 11.9. The van der Waals surface area contributed by atoms with Gasteiger partial charge in [0.15, 0.2) is 0 Å². The zero-order valence-electron chi connectivity index (χ0n) is 13.8. The van der Waals surface area contributed by atoms with Gasteiger partial charge in [0.1, 0.15) is 18.0 Å². The first-order valence-electron chi connectivity index (χ1n) is 8.08. The molecule has 1 aromatic rings. The number of benzene rings is 1. The highest BCUT2D eigenvalue weighted by Crippen LogP contribution is 2.24. The Balaban J connectivity index is 1.87. The minimum atomic E-state index is -0.699. The molecule has 0 unspecified atom stereocenters. The average molecular weight is 318 g/mol. The van der Waals surface area contributed by atoms with Crippen LogP contribution in [0.5, 0.6) is 5.75 Å². The van der Waals surface area contributed by atoms with Crippen molar-refractivity contribution in [3.63, 3.8) is 0 Å². The van der Waals surface area contributed by atoms with Crippen LogP contribution in [0.3, 0.4) is 0 Å². The van der Waals surface area contributed by atoms with Gasteiger partial charge in [-0.15, -0.1) is 0 Å². The third kappa shape index (κ3) is 5.69. The highest BCUT2D eigenvalue weighted by atomic mass is 16.5. The molecule has 0 spiro atoms. The normalized spacial score (nSPS) is 24.8. The van der Waals surface area contributed by atoms with Crippen molar-refractivity contribution >= 4 is 5.91 Å². The van der Waals surface area contributed by atoms with Gasteiger partial charge >= 0.3 is 0 Å². The minimum Gasteiger partial charge on any atom is -0.488 e. The Hall–Kier alpha value is -1.85. The number of nitrogens with zero attached hydrogens (tertiary/aromatic N) is 1. The summed E-state index contributed by atoms with van der Waals surface area (Å²) >= 11 is 0. The molecule has 1 aliphatic rings. The largest absolute Gasteiger partial charge is 0.488 e. The van der Waals surface area contributed by atoms with E-state index in [9.17, 15) is 9.90 Å². The number of aliphatic hydroxyl groups excluding tert-OH is 1. The Bertz CT molecular complexity index is 516. The average Bonchev–Trinajstić information content (AvgIpc) is 2.52. The van der Waals surface area contributed by atoms with Gasteiger partial charge < -0.3 is 20.1 Å². The van der Waals surface area contributed by atoms with E-state index >= 15 is 0 Å². The van der Waals surface area contributed by atoms with E-state index in [4.69, 9.17) is 4.74 Å². The SMILES string of the molecule is CN(C)CC=CC(=O)N[C@@H]1CCC[C@@H](Oc2ccccc2)[C@@H]1O. The van der Waals surface area contributed by atoms with E-state index in [-0.39, 0.29) is 18.1 Å². The lowest BCUT2D eigenvalue weighted by atomic mass is 9.89. The van der Waals surface area contributed by atoms with Crippen LogP contribution in [0.15, 0.2) is 42.5 Å². The van der Waals surface area contributed by atoms with Gasteiger partial charge in [-0.25, -0.2) is 0 Å². The van der Waals surface area contributed by atoms with Crippen molar-refractivity contribution in [1.29, 1.82) is 0 Å². The second-order valence-corrected chi connectivity index (χ2v) is 6.17. The van der Waals surface area contributed by atoms with Gasteiger partial charge in [0.25, 0.3) is 0 Å². The first-order chi connectivity index (χ1) is 11.1. The highest BCUT2D eigenvalue weighted by Gasteiger charge is 2.33. The van der Waals surface area contributed by atoms with Crippen LogP contribution in [0.4, 0.5) is 0 Å². The lowest BCUT2D eigenvalue weighted by Crippen LogP contribution is -2.52. The zero-order chi connectivity index (χ0) is 16.7. The lowest BCUT2D eigenvalue weighted by Gasteiger charge is -2.35. The molecule has 0 radical (unpaired) electrons. The number of amides is 1. The molecule has 2 rings (SSSR count). The predicted molar refractivity (Wildman–Crippen MR) is 90.3 cm³/mol. The van der Waals surface area contributed by atoms with Crippen molar-refractivity contribution in [3.05, 3.63) is 42.5 Å². The number of hydrogen-bond donors (Lipinski definition) is 2. The molecule has 0 aromatic heterocycles. The number of carbonyl (C=O) groups is 1. The zero-order valence-corrected chi connectivity index (χ0v) is 13.8. The van der Waals surface area contributed by atoms with Gasteiger partial charge in [-0.2, -0.15) is 0 Å². The van der Waals surface area contributed by atoms with E-state index in [0.29, 0.717) is 6.54 Å². The molecule has 3 atom stereocenters. The summed E-state index contributed by atoms with van der Waals surface area (Å²) < 4.78 is 5.87. The van der Waals surface area contributed by atoms with Gasteiger partial charge in [-0.05, 0) is 45.5 Å². The van der Waals surface area contributed by atoms with Gasteiger partial charge in [0.2, 0.25) is 5.91 Å². The Labute approximate surface area is 137 Å². The van der Waals surface area contributed by atoms with E-state index in [0.717, 1.165) is 25.0 Å². The molecule has 1 fully saturated rings. The fourth-order valence-electron chi connectivity index (χ4n) is 2.70. The molecule has 126 valence electrons. The van der Waals surface area contributed by atoms with E-state index in [1.807, 2.05) is 55.4 Å². The first kappa shape index (κ1) is 17.5. The van der Waals surface area contributed by atoms with Gasteiger partial charge in [0, 0.05) is 12.6 Å². The molecule has 1 saturated carbocycles. The van der Waals surface area contributed by atoms with Crippen LogP contribution >= 0.6 is 0 Å². The molecule has 1 aromatic carbocycles. The van der Waals surface area contributed by atoms with Crippen LogP contribution in [0.25, 0.3) is 0 Å². The summed E-state index contributed by atoms with van der Waals surface area (Å²) in [5.41, 5.74) is 0. The summed E-state index contributed by atoms with van der Waals surface area (Å²) in [4.78, 5) is 13.9. The summed E-state index contributed by atoms with van der Waals surface area (Å²) in [5, 5.41) is 13.4. The van der Waals surface area contributed by atoms with Crippen LogP contribution in [0.1, 0.15) is 19.3 Å². The van der Waals surface area contributed by atoms with Gasteiger partial charge in [-0.3, -0.25) is 4.79 Å². The third-order valence-electron chi connectivity index (χ3n) is 3.90. The maximum absolute atomic E-state index is 11.9. The molecule has 5 heteroatoms. The van der Waals surface area contributed by atoms with E-state index in [1.54, 1.807) is 0 Å². The van der Waals surface area contributed by atoms with Crippen molar-refractivity contribution in [1.82, 2.24) is 10.2 Å². The lowest BCUT2D eigenvalue weighted by molar-refractivity contribution is -0.119. The molecule has 5 nitrogen and oxygen atoms in total. The number of likely N-dealkylation sites (N-methyl/N-ethyl adjacent to an activating group) is 1. The quantitative estimate of drug-likeness (QED) is 0.782. The van der Waals surface area contributed by atoms with E-state index in [1.165, 1.54) is 6.08 Å². The van der Waals surface area contributed by atoms with Crippen molar-refractivity contribution < 1.29 is 14.6 Å². The van der Waals surface area contributed by atoms with Gasteiger partial charge in [0.05, 0.1) is 6.04 Å². The van der Waals surface area contributed by atoms with Crippen LogP contribution in [-0.4, -0.2) is 54.8 Å². The molecule has 0 aliphatic heterocycles. The fourth-order valence-corrected chi connectivity index (χ4v) is 2.70. The molecule has 0 saturated heterocycles.